The Labute approximate surface area is 203 Å². The third kappa shape index (κ3) is 4.88. The van der Waals surface area contributed by atoms with Gasteiger partial charge in [0.05, 0.1) is 35.6 Å². The monoisotopic (exact) mass is 500 g/mol. The summed E-state index contributed by atoms with van der Waals surface area (Å²) in [5, 5.41) is 0. The lowest BCUT2D eigenvalue weighted by Crippen LogP contribution is -2.39. The number of allylic oxidation sites excluding steroid dienone is 1. The molecule has 35 heavy (non-hydrogen) atoms. The molecule has 0 spiro atoms. The van der Waals surface area contributed by atoms with Crippen molar-refractivity contribution >= 4 is 23.4 Å². The number of alkyl halides is 2. The van der Waals surface area contributed by atoms with Crippen LogP contribution in [0.5, 0.6) is 11.5 Å². The smallest absolute Gasteiger partial charge is 0.387 e. The molecule has 0 saturated carbocycles. The Bertz CT molecular complexity index is 1480. The second-order valence-electron chi connectivity index (χ2n) is 7.50. The number of benzene rings is 2. The maximum atomic E-state index is 13.6. The molecule has 0 aliphatic carbocycles. The number of thiazole rings is 1. The van der Waals surface area contributed by atoms with E-state index in [9.17, 15) is 18.4 Å². The van der Waals surface area contributed by atoms with E-state index < -0.39 is 24.2 Å². The molecule has 0 saturated heterocycles. The molecule has 0 fully saturated rings. The molecule has 0 radical (unpaired) electrons. The lowest BCUT2D eigenvalue weighted by molar-refractivity contribution is -0.139. The van der Waals surface area contributed by atoms with Crippen LogP contribution < -0.4 is 24.4 Å². The van der Waals surface area contributed by atoms with E-state index in [0.29, 0.717) is 27.4 Å². The second-order valence-corrected chi connectivity index (χ2v) is 8.50. The van der Waals surface area contributed by atoms with Crippen LogP contribution in [0.25, 0.3) is 6.08 Å². The van der Waals surface area contributed by atoms with Crippen LogP contribution in [-0.4, -0.2) is 30.9 Å². The van der Waals surface area contributed by atoms with Gasteiger partial charge in [-0.3, -0.25) is 9.36 Å². The molecule has 0 amide bonds. The van der Waals surface area contributed by atoms with Crippen LogP contribution in [-0.2, 0) is 9.53 Å². The fourth-order valence-electron chi connectivity index (χ4n) is 3.86. The molecule has 0 bridgehead atoms. The minimum atomic E-state index is -3.01. The number of esters is 1. The SMILES string of the molecule is CCOC(=O)C1=C(C)N=c2s/c(=C/c3ccccc3OC(F)F)c(=O)n2[C@H]1c1cccc(OC)c1. The highest BCUT2D eigenvalue weighted by molar-refractivity contribution is 7.07. The van der Waals surface area contributed by atoms with Gasteiger partial charge in [0, 0.05) is 5.56 Å². The number of carbonyl (C=O) groups is 1. The molecule has 4 rings (SSSR count). The van der Waals surface area contributed by atoms with E-state index in [1.807, 2.05) is 0 Å². The van der Waals surface area contributed by atoms with Gasteiger partial charge in [-0.05, 0) is 43.7 Å². The van der Waals surface area contributed by atoms with Gasteiger partial charge in [-0.15, -0.1) is 0 Å². The van der Waals surface area contributed by atoms with Crippen LogP contribution in [0.2, 0.25) is 0 Å². The highest BCUT2D eigenvalue weighted by Gasteiger charge is 2.33. The number of nitrogens with zero attached hydrogens (tertiary/aromatic N) is 2. The summed E-state index contributed by atoms with van der Waals surface area (Å²) in [5.74, 6) is -0.0758. The Balaban J connectivity index is 1.95. The summed E-state index contributed by atoms with van der Waals surface area (Å²) in [5.41, 5.74) is 1.18. The number of halogens is 2. The average Bonchev–Trinajstić information content (AvgIpc) is 3.13. The van der Waals surface area contributed by atoms with Gasteiger partial charge < -0.3 is 14.2 Å². The maximum Gasteiger partial charge on any atom is 0.387 e. The average molecular weight is 501 g/mol. The van der Waals surface area contributed by atoms with Gasteiger partial charge in [0.1, 0.15) is 11.5 Å². The number of fused-ring (bicyclic) bond motifs is 1. The normalized spacial score (nSPS) is 15.6. The van der Waals surface area contributed by atoms with Gasteiger partial charge in [0.25, 0.3) is 5.56 Å². The fourth-order valence-corrected chi connectivity index (χ4v) is 4.90. The predicted molar refractivity (Wildman–Crippen MR) is 126 cm³/mol. The van der Waals surface area contributed by atoms with Crippen molar-refractivity contribution in [3.63, 3.8) is 0 Å². The zero-order valence-corrected chi connectivity index (χ0v) is 20.0. The predicted octanol–water partition coefficient (Wildman–Crippen LogP) is 3.41. The van der Waals surface area contributed by atoms with E-state index in [1.54, 1.807) is 56.3 Å². The van der Waals surface area contributed by atoms with Crippen molar-refractivity contribution < 1.29 is 27.8 Å². The molecule has 1 aromatic heterocycles. The zero-order valence-electron chi connectivity index (χ0n) is 19.2. The quantitative estimate of drug-likeness (QED) is 0.465. The van der Waals surface area contributed by atoms with E-state index in [0.717, 1.165) is 11.3 Å². The summed E-state index contributed by atoms with van der Waals surface area (Å²) >= 11 is 1.09. The summed E-state index contributed by atoms with van der Waals surface area (Å²) < 4.78 is 42.6. The lowest BCUT2D eigenvalue weighted by Gasteiger charge is -2.25. The van der Waals surface area contributed by atoms with Crippen molar-refractivity contribution in [1.29, 1.82) is 0 Å². The highest BCUT2D eigenvalue weighted by atomic mass is 32.1. The van der Waals surface area contributed by atoms with Crippen molar-refractivity contribution in [3.05, 3.63) is 90.6 Å². The number of para-hydroxylation sites is 1. The number of aromatic nitrogens is 1. The first-order valence-electron chi connectivity index (χ1n) is 10.7. The number of carbonyl (C=O) groups excluding carboxylic acids is 1. The summed E-state index contributed by atoms with van der Waals surface area (Å²) in [6.07, 6.45) is 1.48. The number of hydrogen-bond acceptors (Lipinski definition) is 7. The van der Waals surface area contributed by atoms with Gasteiger partial charge in [-0.25, -0.2) is 9.79 Å². The van der Waals surface area contributed by atoms with Crippen LogP contribution >= 0.6 is 11.3 Å². The largest absolute Gasteiger partial charge is 0.497 e. The number of ether oxygens (including phenoxy) is 3. The van der Waals surface area contributed by atoms with E-state index >= 15 is 0 Å². The molecule has 1 aliphatic heterocycles. The fraction of sp³-hybridized carbons (Fsp3) is 0.240. The summed E-state index contributed by atoms with van der Waals surface area (Å²) in [4.78, 5) is 31.4. The van der Waals surface area contributed by atoms with E-state index in [4.69, 9.17) is 9.47 Å². The Morgan fingerprint density at radius 2 is 2.00 bits per heavy atom. The van der Waals surface area contributed by atoms with Crippen molar-refractivity contribution in [2.24, 2.45) is 4.99 Å². The van der Waals surface area contributed by atoms with E-state index in [2.05, 4.69) is 9.73 Å². The minimum Gasteiger partial charge on any atom is -0.497 e. The Kier molecular flexibility index (Phi) is 7.11. The summed E-state index contributed by atoms with van der Waals surface area (Å²) in [6.45, 7) is 0.532. The van der Waals surface area contributed by atoms with Gasteiger partial charge in [-0.1, -0.05) is 41.7 Å². The standard InChI is InChI=1S/C25H22F2N2O5S/c1-4-33-23(31)20-14(2)28-25-29(21(20)16-9-7-10-17(12-16)32-3)22(30)19(35-25)13-15-8-5-6-11-18(15)34-24(26)27/h5-13,21,24H,4H2,1-3H3/b19-13+/t21-/m0/s1. The Morgan fingerprint density at radius 1 is 1.23 bits per heavy atom. The summed E-state index contributed by atoms with van der Waals surface area (Å²) in [6, 6.07) is 12.4. The molecule has 2 heterocycles. The third-order valence-electron chi connectivity index (χ3n) is 5.35. The van der Waals surface area contributed by atoms with Crippen molar-refractivity contribution in [2.75, 3.05) is 13.7 Å². The Hall–Kier alpha value is -3.79. The van der Waals surface area contributed by atoms with Crippen molar-refractivity contribution in [3.8, 4) is 11.5 Å². The second kappa shape index (κ2) is 10.2. The van der Waals surface area contributed by atoms with Crippen molar-refractivity contribution in [1.82, 2.24) is 4.57 Å². The van der Waals surface area contributed by atoms with Crippen LogP contribution in [0.15, 0.2) is 69.6 Å². The molecule has 1 aliphatic rings. The number of methoxy groups -OCH3 is 1. The lowest BCUT2D eigenvalue weighted by atomic mass is 9.95. The van der Waals surface area contributed by atoms with Crippen LogP contribution in [0.1, 0.15) is 31.0 Å². The molecule has 3 aromatic rings. The molecular weight excluding hydrogens is 478 g/mol. The molecule has 7 nitrogen and oxygen atoms in total. The summed E-state index contributed by atoms with van der Waals surface area (Å²) in [7, 11) is 1.52. The highest BCUT2D eigenvalue weighted by Crippen LogP contribution is 2.32. The van der Waals surface area contributed by atoms with Crippen LogP contribution in [0.4, 0.5) is 8.78 Å². The molecule has 2 aromatic carbocycles. The maximum absolute atomic E-state index is 13.6. The minimum absolute atomic E-state index is 0.0546. The van der Waals surface area contributed by atoms with Crippen LogP contribution in [0.3, 0.4) is 0 Å². The van der Waals surface area contributed by atoms with E-state index in [1.165, 1.54) is 23.8 Å². The van der Waals surface area contributed by atoms with Gasteiger partial charge in [0.2, 0.25) is 0 Å². The first-order valence-corrected chi connectivity index (χ1v) is 11.5. The van der Waals surface area contributed by atoms with Gasteiger partial charge in [0.15, 0.2) is 4.80 Å². The number of rotatable bonds is 7. The number of hydrogen-bond donors (Lipinski definition) is 0. The molecule has 0 N–H and O–H groups in total. The van der Waals surface area contributed by atoms with Crippen molar-refractivity contribution in [2.45, 2.75) is 26.5 Å². The first-order chi connectivity index (χ1) is 16.8. The zero-order chi connectivity index (χ0) is 25.1. The molecule has 0 unspecified atom stereocenters. The molecular formula is C25H22F2N2O5S. The van der Waals surface area contributed by atoms with Gasteiger partial charge >= 0.3 is 12.6 Å². The molecule has 10 heteroatoms. The van der Waals surface area contributed by atoms with E-state index in [-0.39, 0.29) is 22.5 Å². The third-order valence-corrected chi connectivity index (χ3v) is 6.33. The first kappa shape index (κ1) is 24.3. The van der Waals surface area contributed by atoms with Crippen LogP contribution in [0, 0.1) is 0 Å². The molecule has 182 valence electrons. The van der Waals surface area contributed by atoms with Gasteiger partial charge in [-0.2, -0.15) is 8.78 Å². The topological polar surface area (TPSA) is 79.1 Å². The molecule has 1 atom stereocenters. The Morgan fingerprint density at radius 3 is 2.71 bits per heavy atom.